The molecule has 3 heteroatoms. The van der Waals surface area contributed by atoms with E-state index in [0.29, 0.717) is 0 Å². The topological polar surface area (TPSA) is 24.1 Å². The number of halogens is 1. The van der Waals surface area contributed by atoms with E-state index in [0.717, 1.165) is 0 Å². The smallest absolute Gasteiger partial charge is 0.124 e. The molecule has 2 atom stereocenters. The Bertz CT molecular complexity index is 539. The lowest BCUT2D eigenvalue weighted by Crippen LogP contribution is -2.47. The van der Waals surface area contributed by atoms with Gasteiger partial charge in [0.25, 0.3) is 0 Å². The summed E-state index contributed by atoms with van der Waals surface area (Å²) in [6.45, 7) is -5.86. The summed E-state index contributed by atoms with van der Waals surface area (Å²) in [6, 6.07) is 4.82. The lowest BCUT2D eigenvalue weighted by atomic mass is 10.1. The van der Waals surface area contributed by atoms with Crippen LogP contribution in [0.3, 0.4) is 0 Å². The Balaban J connectivity index is 2.71. The maximum absolute atomic E-state index is 8.35. The van der Waals surface area contributed by atoms with Crippen molar-refractivity contribution in [2.45, 2.75) is 11.5 Å². The zero-order valence-corrected chi connectivity index (χ0v) is 7.42. The largest absolute Gasteiger partial charge is 0.306 e. The van der Waals surface area contributed by atoms with Crippen LogP contribution in [0.2, 0.25) is 2.82 Å². The standard InChI is InChI=1S/C10H13ClN2/c11-10-7-12-9(6-13-10)8-4-2-1-3-5-8/h1-5,9-10,12-13H,6-7H2/i6D2,7D2,9D,10D/hD2. The molecule has 1 aromatic rings. The number of benzene rings is 1. The van der Waals surface area contributed by atoms with Crippen molar-refractivity contribution in [1.29, 1.82) is 0 Å². The van der Waals surface area contributed by atoms with Crippen molar-refractivity contribution in [3.8, 4) is 0 Å². The van der Waals surface area contributed by atoms with Gasteiger partial charge in [0.2, 0.25) is 0 Å². The van der Waals surface area contributed by atoms with Crippen molar-refractivity contribution >= 4 is 11.6 Å². The molecule has 1 saturated heterocycles. The van der Waals surface area contributed by atoms with Crippen LogP contribution in [0.5, 0.6) is 0 Å². The fourth-order valence-electron chi connectivity index (χ4n) is 0.979. The molecule has 1 aliphatic rings. The Morgan fingerprint density at radius 2 is 2.15 bits per heavy atom. The molecule has 2 rings (SSSR count). The molecule has 2 unspecified atom stereocenters. The molecule has 2 N–H and O–H groups in total. The van der Waals surface area contributed by atoms with Crippen LogP contribution in [0.1, 0.15) is 19.8 Å². The van der Waals surface area contributed by atoms with Gasteiger partial charge in [0.1, 0.15) is 2.82 Å². The average molecular weight is 205 g/mol. The highest BCUT2D eigenvalue weighted by atomic mass is 35.5. The number of rotatable bonds is 1. The van der Waals surface area contributed by atoms with E-state index in [9.17, 15) is 0 Å². The molecule has 2 nitrogen and oxygen atoms in total. The van der Waals surface area contributed by atoms with Crippen molar-refractivity contribution in [2.24, 2.45) is 0 Å². The second kappa shape index (κ2) is 4.09. The zero-order chi connectivity index (χ0) is 16.3. The molecule has 0 aliphatic carbocycles. The van der Waals surface area contributed by atoms with Crippen molar-refractivity contribution < 1.29 is 11.0 Å². The van der Waals surface area contributed by atoms with Crippen molar-refractivity contribution in [3.05, 3.63) is 35.9 Å². The van der Waals surface area contributed by atoms with Crippen molar-refractivity contribution in [2.75, 3.05) is 13.0 Å². The Morgan fingerprint density at radius 3 is 2.92 bits per heavy atom. The summed E-state index contributed by atoms with van der Waals surface area (Å²) in [5.41, 5.74) is -2.89. The van der Waals surface area contributed by atoms with Gasteiger partial charge in [-0.3, -0.25) is 5.31 Å². The van der Waals surface area contributed by atoms with E-state index in [-0.39, 0.29) is 16.2 Å². The predicted octanol–water partition coefficient (Wildman–Crippen LogP) is 1.49. The maximum atomic E-state index is 8.35. The first-order valence-electron chi connectivity index (χ1n) is 7.64. The number of hydrogen-bond acceptors (Lipinski definition) is 2. The van der Waals surface area contributed by atoms with E-state index < -0.39 is 24.5 Å². The highest BCUT2D eigenvalue weighted by Gasteiger charge is 2.18. The SMILES string of the molecule is [2H]N1C([2H])([2H])C([2H])(c2ccccc2)N([2H])C([2H])([2H])C1([2H])Cl. The van der Waals surface area contributed by atoms with Gasteiger partial charge in [-0.25, -0.2) is 0 Å². The molecule has 0 bridgehead atoms. The van der Waals surface area contributed by atoms with Gasteiger partial charge in [-0.2, -0.15) is 0 Å². The molecule has 0 radical (unpaired) electrons. The minimum atomic E-state index is -2.96. The quantitative estimate of drug-likeness (QED) is 0.535. The van der Waals surface area contributed by atoms with Gasteiger partial charge >= 0.3 is 0 Å². The molecule has 1 fully saturated rings. The van der Waals surface area contributed by atoms with E-state index in [4.69, 9.17) is 22.6 Å². The molecule has 0 spiro atoms. The molecule has 13 heavy (non-hydrogen) atoms. The minimum Gasteiger partial charge on any atom is -0.306 e. The second-order valence-corrected chi connectivity index (χ2v) is 2.81. The van der Waals surface area contributed by atoms with Gasteiger partial charge in [0.15, 0.2) is 0 Å². The van der Waals surface area contributed by atoms with E-state index in [1.54, 1.807) is 6.07 Å². The maximum Gasteiger partial charge on any atom is 0.124 e. The normalized spacial score (nSPS) is 59.8. The Hall–Kier alpha value is -0.570. The monoisotopic (exact) mass is 204 g/mol. The fourth-order valence-corrected chi connectivity index (χ4v) is 1.06. The number of piperazine rings is 1. The Labute approximate surface area is 94.6 Å². The highest BCUT2D eigenvalue weighted by molar-refractivity contribution is 6.20. The third-order valence-corrected chi connectivity index (χ3v) is 1.74. The summed E-state index contributed by atoms with van der Waals surface area (Å²) in [6.07, 6.45) is 0. The van der Waals surface area contributed by atoms with Crippen LogP contribution in [0.4, 0.5) is 0 Å². The number of alkyl halides is 1. The molecule has 70 valence electrons. The van der Waals surface area contributed by atoms with Gasteiger partial charge < -0.3 is 5.31 Å². The second-order valence-electron chi connectivity index (χ2n) is 2.45. The van der Waals surface area contributed by atoms with E-state index in [1.165, 1.54) is 24.3 Å². The summed E-state index contributed by atoms with van der Waals surface area (Å²) in [4.78, 5) is 0. The van der Waals surface area contributed by atoms with Crippen LogP contribution < -0.4 is 10.6 Å². The van der Waals surface area contributed by atoms with Crippen LogP contribution in [0.25, 0.3) is 0 Å². The highest BCUT2D eigenvalue weighted by Crippen LogP contribution is 2.14. The average Bonchev–Trinajstić information content (AvgIpc) is 2.44. The molecule has 0 saturated carbocycles. The predicted molar refractivity (Wildman–Crippen MR) is 54.8 cm³/mol. The molecular formula is C10H13ClN2. The molecule has 1 heterocycles. The van der Waals surface area contributed by atoms with E-state index in [2.05, 4.69) is 0 Å². The lowest BCUT2D eigenvalue weighted by molar-refractivity contribution is 0.407. The third-order valence-electron chi connectivity index (χ3n) is 1.57. The van der Waals surface area contributed by atoms with Gasteiger partial charge in [0, 0.05) is 24.5 Å². The first kappa shape index (κ1) is 3.54. The lowest BCUT2D eigenvalue weighted by Gasteiger charge is -2.28. The molecule has 0 amide bonds. The summed E-state index contributed by atoms with van der Waals surface area (Å²) >= 11 is 5.65. The molecule has 1 aromatic carbocycles. The van der Waals surface area contributed by atoms with Gasteiger partial charge in [-0.1, -0.05) is 30.3 Å². The van der Waals surface area contributed by atoms with E-state index in [1.807, 2.05) is 0 Å². The van der Waals surface area contributed by atoms with Crippen LogP contribution >= 0.6 is 11.6 Å². The Kier molecular flexibility index (Phi) is 1.11. The van der Waals surface area contributed by atoms with Crippen molar-refractivity contribution in [3.63, 3.8) is 0 Å². The van der Waals surface area contributed by atoms with Crippen LogP contribution in [0.15, 0.2) is 30.3 Å². The summed E-state index contributed by atoms with van der Waals surface area (Å²) < 4.78 is 63.1. The van der Waals surface area contributed by atoms with Crippen LogP contribution in [-0.2, 0) is 0 Å². The van der Waals surface area contributed by atoms with Gasteiger partial charge in [0.05, 0.1) is 8.22 Å². The number of nitrogens with one attached hydrogen (secondary N) is 2. The van der Waals surface area contributed by atoms with Crippen LogP contribution in [-0.4, -0.2) is 18.5 Å². The first-order chi connectivity index (χ1) is 9.41. The first-order valence-corrected chi connectivity index (χ1v) is 4.12. The summed E-state index contributed by atoms with van der Waals surface area (Å²) in [5.74, 6) is 0. The van der Waals surface area contributed by atoms with Gasteiger partial charge in [-0.05, 0) is 5.56 Å². The van der Waals surface area contributed by atoms with Gasteiger partial charge in [-0.15, -0.1) is 11.6 Å². The molecule has 0 aromatic heterocycles. The molecular weight excluding hydrogens is 184 g/mol. The number of hydrogen-bond donors (Lipinski definition) is 2. The van der Waals surface area contributed by atoms with Crippen molar-refractivity contribution in [1.82, 2.24) is 10.6 Å². The molecule has 1 aliphatic heterocycles. The summed E-state index contributed by atoms with van der Waals surface area (Å²) in [5, 5.41) is -0.0903. The fraction of sp³-hybridized carbons (Fsp3) is 0.400. The Morgan fingerprint density at radius 1 is 1.38 bits per heavy atom. The summed E-state index contributed by atoms with van der Waals surface area (Å²) in [7, 11) is 0. The minimum absolute atomic E-state index is 0.0143. The zero-order valence-electron chi connectivity index (χ0n) is 14.7. The van der Waals surface area contributed by atoms with E-state index >= 15 is 0 Å². The van der Waals surface area contributed by atoms with Crippen LogP contribution in [0, 0.1) is 0 Å². The third kappa shape index (κ3) is 2.21.